The van der Waals surface area contributed by atoms with Crippen LogP contribution in [0.5, 0.6) is 0 Å². The zero-order chi connectivity index (χ0) is 18.4. The van der Waals surface area contributed by atoms with Crippen molar-refractivity contribution < 1.29 is 9.13 Å². The number of guanidine groups is 1. The van der Waals surface area contributed by atoms with Gasteiger partial charge in [-0.25, -0.2) is 14.1 Å². The van der Waals surface area contributed by atoms with Crippen LogP contribution in [0.3, 0.4) is 0 Å². The van der Waals surface area contributed by atoms with E-state index in [1.165, 1.54) is 12.1 Å². The molecule has 7 nitrogen and oxygen atoms in total. The summed E-state index contributed by atoms with van der Waals surface area (Å²) in [7, 11) is 3.40. The molecule has 1 aliphatic heterocycles. The van der Waals surface area contributed by atoms with Gasteiger partial charge >= 0.3 is 0 Å². The van der Waals surface area contributed by atoms with Crippen LogP contribution in [-0.4, -0.2) is 47.5 Å². The first-order chi connectivity index (χ1) is 12.7. The summed E-state index contributed by atoms with van der Waals surface area (Å²) in [6, 6.07) is 6.82. The lowest BCUT2D eigenvalue weighted by Crippen LogP contribution is -2.47. The highest BCUT2D eigenvalue weighted by molar-refractivity contribution is 5.79. The molecule has 0 aliphatic carbocycles. The summed E-state index contributed by atoms with van der Waals surface area (Å²) in [5.74, 6) is 2.29. The van der Waals surface area contributed by atoms with E-state index in [0.717, 1.165) is 55.5 Å². The van der Waals surface area contributed by atoms with Gasteiger partial charge in [0.2, 0.25) is 0 Å². The van der Waals surface area contributed by atoms with E-state index in [-0.39, 0.29) is 11.9 Å². The second-order valence-corrected chi connectivity index (χ2v) is 6.31. The quantitative estimate of drug-likeness (QED) is 0.600. The van der Waals surface area contributed by atoms with Gasteiger partial charge in [-0.3, -0.25) is 4.99 Å². The SMILES string of the molecule is CN=C(NCCc1ccc(F)cc1)NC1CCc2nc(COC)nn2C1. The van der Waals surface area contributed by atoms with Crippen molar-refractivity contribution in [1.82, 2.24) is 25.4 Å². The van der Waals surface area contributed by atoms with Gasteiger partial charge in [-0.1, -0.05) is 12.1 Å². The molecule has 0 saturated heterocycles. The van der Waals surface area contributed by atoms with Gasteiger partial charge in [-0.05, 0) is 30.5 Å². The van der Waals surface area contributed by atoms with Crippen LogP contribution in [0.2, 0.25) is 0 Å². The summed E-state index contributed by atoms with van der Waals surface area (Å²) in [4.78, 5) is 8.78. The molecule has 2 heterocycles. The summed E-state index contributed by atoms with van der Waals surface area (Å²) in [5, 5.41) is 11.2. The van der Waals surface area contributed by atoms with Gasteiger partial charge < -0.3 is 15.4 Å². The first-order valence-electron chi connectivity index (χ1n) is 8.81. The van der Waals surface area contributed by atoms with E-state index in [9.17, 15) is 4.39 Å². The topological polar surface area (TPSA) is 76.4 Å². The van der Waals surface area contributed by atoms with Crippen LogP contribution in [0.4, 0.5) is 4.39 Å². The standard InChI is InChI=1S/C18H25FN6O/c1-20-18(21-10-9-13-3-5-14(19)6-4-13)22-15-7-8-17-23-16(12-26-2)24-25(17)11-15/h3-6,15H,7-12H2,1-2H3,(H2,20,21,22). The van der Waals surface area contributed by atoms with Crippen molar-refractivity contribution in [2.75, 3.05) is 20.7 Å². The number of aliphatic imine (C=N–C) groups is 1. The second kappa shape index (κ2) is 8.75. The van der Waals surface area contributed by atoms with Crippen molar-refractivity contribution in [3.63, 3.8) is 0 Å². The maximum absolute atomic E-state index is 12.9. The third-order valence-electron chi connectivity index (χ3n) is 4.36. The molecule has 1 unspecified atom stereocenters. The number of fused-ring (bicyclic) bond motifs is 1. The minimum absolute atomic E-state index is 0.211. The number of aromatic nitrogens is 3. The number of rotatable bonds is 6. The van der Waals surface area contributed by atoms with Crippen LogP contribution >= 0.6 is 0 Å². The summed E-state index contributed by atoms with van der Waals surface area (Å²) < 4.78 is 20.0. The van der Waals surface area contributed by atoms with E-state index in [4.69, 9.17) is 4.74 Å². The van der Waals surface area contributed by atoms with Crippen molar-refractivity contribution >= 4 is 5.96 Å². The number of hydrogen-bond acceptors (Lipinski definition) is 4. The number of methoxy groups -OCH3 is 1. The van der Waals surface area contributed by atoms with Gasteiger partial charge in [0, 0.05) is 33.2 Å². The lowest BCUT2D eigenvalue weighted by molar-refractivity contribution is 0.177. The van der Waals surface area contributed by atoms with E-state index >= 15 is 0 Å². The number of nitrogens with zero attached hydrogens (tertiary/aromatic N) is 4. The molecule has 2 aromatic rings. The molecule has 0 bridgehead atoms. The zero-order valence-corrected chi connectivity index (χ0v) is 15.2. The number of halogens is 1. The van der Waals surface area contributed by atoms with Gasteiger partial charge in [-0.15, -0.1) is 0 Å². The van der Waals surface area contributed by atoms with Crippen LogP contribution in [0, 0.1) is 5.82 Å². The average molecular weight is 360 g/mol. The Bertz CT molecular complexity index is 743. The largest absolute Gasteiger partial charge is 0.377 e. The lowest BCUT2D eigenvalue weighted by atomic mass is 10.1. The maximum atomic E-state index is 12.9. The van der Waals surface area contributed by atoms with Crippen LogP contribution in [-0.2, 0) is 30.7 Å². The molecule has 1 atom stereocenters. The Morgan fingerprint density at radius 2 is 2.19 bits per heavy atom. The Labute approximate surface area is 152 Å². The van der Waals surface area contributed by atoms with Gasteiger partial charge in [0.05, 0.1) is 6.54 Å². The predicted octanol–water partition coefficient (Wildman–Crippen LogP) is 1.29. The van der Waals surface area contributed by atoms with Crippen molar-refractivity contribution in [2.24, 2.45) is 4.99 Å². The Hall–Kier alpha value is -2.48. The van der Waals surface area contributed by atoms with Crippen molar-refractivity contribution in [2.45, 2.75) is 38.5 Å². The molecule has 2 N–H and O–H groups in total. The van der Waals surface area contributed by atoms with Gasteiger partial charge in [-0.2, -0.15) is 5.10 Å². The maximum Gasteiger partial charge on any atom is 0.191 e. The fraction of sp³-hybridized carbons (Fsp3) is 0.500. The summed E-state index contributed by atoms with van der Waals surface area (Å²) in [6.45, 7) is 1.92. The van der Waals surface area contributed by atoms with E-state index in [2.05, 4.69) is 25.7 Å². The van der Waals surface area contributed by atoms with Crippen LogP contribution < -0.4 is 10.6 Å². The van der Waals surface area contributed by atoms with E-state index in [1.54, 1.807) is 26.3 Å². The molecular formula is C18H25FN6O. The number of aryl methyl sites for hydroxylation is 1. The van der Waals surface area contributed by atoms with Crippen LogP contribution in [0.25, 0.3) is 0 Å². The van der Waals surface area contributed by atoms with Gasteiger partial charge in [0.25, 0.3) is 0 Å². The number of nitrogens with one attached hydrogen (secondary N) is 2. The summed E-state index contributed by atoms with van der Waals surface area (Å²) in [6.07, 6.45) is 2.66. The number of hydrogen-bond donors (Lipinski definition) is 2. The minimum Gasteiger partial charge on any atom is -0.377 e. The van der Waals surface area contributed by atoms with Crippen molar-refractivity contribution in [1.29, 1.82) is 0 Å². The highest BCUT2D eigenvalue weighted by atomic mass is 19.1. The molecule has 1 aliphatic rings. The number of benzene rings is 1. The Balaban J connectivity index is 1.48. The molecule has 0 radical (unpaired) electrons. The molecule has 26 heavy (non-hydrogen) atoms. The number of ether oxygens (including phenoxy) is 1. The van der Waals surface area contributed by atoms with E-state index in [0.29, 0.717) is 6.61 Å². The average Bonchev–Trinajstić information content (AvgIpc) is 3.04. The van der Waals surface area contributed by atoms with Crippen molar-refractivity contribution in [3.8, 4) is 0 Å². The zero-order valence-electron chi connectivity index (χ0n) is 15.2. The Kier molecular flexibility index (Phi) is 6.17. The third-order valence-corrected chi connectivity index (χ3v) is 4.36. The molecule has 0 amide bonds. The van der Waals surface area contributed by atoms with Crippen LogP contribution in [0.1, 0.15) is 23.6 Å². The van der Waals surface area contributed by atoms with Crippen molar-refractivity contribution in [3.05, 3.63) is 47.3 Å². The highest BCUT2D eigenvalue weighted by Gasteiger charge is 2.22. The highest BCUT2D eigenvalue weighted by Crippen LogP contribution is 2.13. The first kappa shape index (κ1) is 18.3. The molecular weight excluding hydrogens is 335 g/mol. The van der Waals surface area contributed by atoms with Gasteiger partial charge in [0.1, 0.15) is 18.2 Å². The molecule has 0 saturated carbocycles. The molecule has 8 heteroatoms. The fourth-order valence-corrected chi connectivity index (χ4v) is 3.03. The fourth-order valence-electron chi connectivity index (χ4n) is 3.03. The van der Waals surface area contributed by atoms with E-state index < -0.39 is 0 Å². The third kappa shape index (κ3) is 4.78. The Morgan fingerprint density at radius 3 is 2.92 bits per heavy atom. The smallest absolute Gasteiger partial charge is 0.191 e. The molecule has 140 valence electrons. The van der Waals surface area contributed by atoms with Gasteiger partial charge in [0.15, 0.2) is 11.8 Å². The summed E-state index contributed by atoms with van der Waals surface area (Å²) in [5.41, 5.74) is 1.09. The lowest BCUT2D eigenvalue weighted by Gasteiger charge is -2.25. The molecule has 0 spiro atoms. The second-order valence-electron chi connectivity index (χ2n) is 6.31. The molecule has 1 aromatic heterocycles. The Morgan fingerprint density at radius 1 is 1.38 bits per heavy atom. The monoisotopic (exact) mass is 360 g/mol. The molecule has 1 aromatic carbocycles. The summed E-state index contributed by atoms with van der Waals surface area (Å²) >= 11 is 0. The normalized spacial score (nSPS) is 17.0. The predicted molar refractivity (Wildman–Crippen MR) is 97.4 cm³/mol. The molecule has 3 rings (SSSR count). The minimum atomic E-state index is -0.211. The molecule has 0 fully saturated rings. The van der Waals surface area contributed by atoms with E-state index in [1.807, 2.05) is 4.68 Å². The first-order valence-corrected chi connectivity index (χ1v) is 8.81. The van der Waals surface area contributed by atoms with Crippen LogP contribution in [0.15, 0.2) is 29.3 Å².